The highest BCUT2D eigenvalue weighted by atomic mass is 16.7. The van der Waals surface area contributed by atoms with Crippen molar-refractivity contribution < 1.29 is 14.3 Å². The van der Waals surface area contributed by atoms with Gasteiger partial charge in [0.25, 0.3) is 0 Å². The van der Waals surface area contributed by atoms with Gasteiger partial charge in [-0.05, 0) is 38.2 Å². The van der Waals surface area contributed by atoms with E-state index in [9.17, 15) is 4.79 Å². The number of piperidine rings is 1. The number of benzene rings is 1. The van der Waals surface area contributed by atoms with Gasteiger partial charge in [-0.25, -0.2) is 0 Å². The molecular formula is C18H25NO3. The first kappa shape index (κ1) is 15.5. The Morgan fingerprint density at radius 3 is 2.64 bits per heavy atom. The molecule has 2 aliphatic rings. The van der Waals surface area contributed by atoms with Crippen LogP contribution in [-0.2, 0) is 20.7 Å². The van der Waals surface area contributed by atoms with Gasteiger partial charge in [-0.1, -0.05) is 29.8 Å². The Labute approximate surface area is 132 Å². The van der Waals surface area contributed by atoms with Gasteiger partial charge in [0.15, 0.2) is 6.29 Å². The van der Waals surface area contributed by atoms with Crippen LogP contribution in [0.4, 0.5) is 0 Å². The van der Waals surface area contributed by atoms with Crippen molar-refractivity contribution in [2.75, 3.05) is 19.8 Å². The first-order chi connectivity index (χ1) is 10.7. The topological polar surface area (TPSA) is 38.8 Å². The molecule has 0 saturated carbocycles. The second kappa shape index (κ2) is 7.25. The highest BCUT2D eigenvalue weighted by Gasteiger charge is 2.35. The summed E-state index contributed by atoms with van der Waals surface area (Å²) in [5.41, 5.74) is 2.47. The fourth-order valence-electron chi connectivity index (χ4n) is 3.30. The van der Waals surface area contributed by atoms with E-state index >= 15 is 0 Å². The first-order valence-electron chi connectivity index (χ1n) is 8.32. The molecule has 1 aromatic carbocycles. The van der Waals surface area contributed by atoms with Crippen molar-refractivity contribution in [1.29, 1.82) is 0 Å². The van der Waals surface area contributed by atoms with Crippen LogP contribution in [-0.4, -0.2) is 42.9 Å². The fraction of sp³-hybridized carbons (Fsp3) is 0.611. The molecule has 0 aromatic heterocycles. The molecule has 0 N–H and O–H groups in total. The Morgan fingerprint density at radius 1 is 1.18 bits per heavy atom. The Morgan fingerprint density at radius 2 is 1.91 bits per heavy atom. The average molecular weight is 303 g/mol. The highest BCUT2D eigenvalue weighted by molar-refractivity contribution is 5.77. The number of amides is 1. The van der Waals surface area contributed by atoms with Crippen LogP contribution in [0, 0.1) is 6.92 Å². The Kier molecular flexibility index (Phi) is 5.11. The van der Waals surface area contributed by atoms with Gasteiger partial charge < -0.3 is 14.4 Å². The van der Waals surface area contributed by atoms with Crippen LogP contribution in [0.2, 0.25) is 0 Å². The summed E-state index contributed by atoms with van der Waals surface area (Å²) in [6.45, 7) is 4.20. The van der Waals surface area contributed by atoms with Gasteiger partial charge >= 0.3 is 0 Å². The van der Waals surface area contributed by atoms with Gasteiger partial charge in [-0.3, -0.25) is 4.79 Å². The Bertz CT molecular complexity index is 494. The van der Waals surface area contributed by atoms with Crippen molar-refractivity contribution in [2.24, 2.45) is 0 Å². The molecule has 1 atom stereocenters. The number of aryl methyl sites for hydroxylation is 2. The van der Waals surface area contributed by atoms with E-state index in [1.54, 1.807) is 0 Å². The van der Waals surface area contributed by atoms with Crippen molar-refractivity contribution in [1.82, 2.24) is 4.90 Å². The number of carbonyl (C=O) groups is 1. The quantitative estimate of drug-likeness (QED) is 0.858. The van der Waals surface area contributed by atoms with Gasteiger partial charge in [0.05, 0.1) is 19.3 Å². The summed E-state index contributed by atoms with van der Waals surface area (Å²) in [5, 5.41) is 0. The highest BCUT2D eigenvalue weighted by Crippen LogP contribution is 2.25. The second-order valence-electron chi connectivity index (χ2n) is 6.25. The lowest BCUT2D eigenvalue weighted by atomic mass is 10.00. The summed E-state index contributed by atoms with van der Waals surface area (Å²) >= 11 is 0. The minimum absolute atomic E-state index is 0.0989. The zero-order valence-corrected chi connectivity index (χ0v) is 13.3. The van der Waals surface area contributed by atoms with Crippen molar-refractivity contribution in [3.05, 3.63) is 35.4 Å². The SMILES string of the molecule is Cc1ccc(CCC(=O)N2CCCCC2C2OCCO2)cc1. The molecule has 2 saturated heterocycles. The third-order valence-corrected chi connectivity index (χ3v) is 4.58. The molecular weight excluding hydrogens is 278 g/mol. The molecule has 22 heavy (non-hydrogen) atoms. The van der Waals surface area contributed by atoms with Crippen LogP contribution in [0.5, 0.6) is 0 Å². The lowest BCUT2D eigenvalue weighted by Crippen LogP contribution is -2.50. The molecule has 0 aliphatic carbocycles. The standard InChI is InChI=1S/C18H25NO3/c1-14-5-7-15(8-6-14)9-10-17(20)19-11-3-2-4-16(19)18-21-12-13-22-18/h5-8,16,18H,2-4,9-13H2,1H3. The number of ether oxygens (including phenoxy) is 2. The van der Waals surface area contributed by atoms with Crippen LogP contribution in [0.15, 0.2) is 24.3 Å². The molecule has 1 amide bonds. The zero-order chi connectivity index (χ0) is 15.4. The molecule has 2 heterocycles. The molecule has 1 unspecified atom stereocenters. The molecule has 4 heteroatoms. The number of hydrogen-bond acceptors (Lipinski definition) is 3. The summed E-state index contributed by atoms with van der Waals surface area (Å²) in [5.74, 6) is 0.226. The number of nitrogens with zero attached hydrogens (tertiary/aromatic N) is 1. The Hall–Kier alpha value is -1.39. The molecule has 3 rings (SSSR count). The monoisotopic (exact) mass is 303 g/mol. The average Bonchev–Trinajstić information content (AvgIpc) is 3.08. The molecule has 0 bridgehead atoms. The maximum Gasteiger partial charge on any atom is 0.223 e. The number of carbonyl (C=O) groups excluding carboxylic acids is 1. The van der Waals surface area contributed by atoms with E-state index in [4.69, 9.17) is 9.47 Å². The summed E-state index contributed by atoms with van der Waals surface area (Å²) in [6, 6.07) is 8.52. The maximum atomic E-state index is 12.6. The van der Waals surface area contributed by atoms with E-state index in [2.05, 4.69) is 31.2 Å². The van der Waals surface area contributed by atoms with Crippen LogP contribution < -0.4 is 0 Å². The zero-order valence-electron chi connectivity index (χ0n) is 13.3. The van der Waals surface area contributed by atoms with Crippen LogP contribution in [0.1, 0.15) is 36.8 Å². The molecule has 0 radical (unpaired) electrons. The second-order valence-corrected chi connectivity index (χ2v) is 6.25. The molecule has 1 aromatic rings. The number of likely N-dealkylation sites (tertiary alicyclic amines) is 1. The smallest absolute Gasteiger partial charge is 0.223 e. The van der Waals surface area contributed by atoms with Gasteiger partial charge in [0, 0.05) is 13.0 Å². The van der Waals surface area contributed by atoms with Crippen LogP contribution in [0.3, 0.4) is 0 Å². The molecule has 120 valence electrons. The van der Waals surface area contributed by atoms with E-state index in [-0.39, 0.29) is 18.2 Å². The lowest BCUT2D eigenvalue weighted by Gasteiger charge is -2.38. The van der Waals surface area contributed by atoms with Crippen LogP contribution in [0.25, 0.3) is 0 Å². The van der Waals surface area contributed by atoms with E-state index in [0.29, 0.717) is 19.6 Å². The minimum Gasteiger partial charge on any atom is -0.348 e. The third kappa shape index (κ3) is 3.68. The van der Waals surface area contributed by atoms with Gasteiger partial charge in [0.2, 0.25) is 5.91 Å². The van der Waals surface area contributed by atoms with E-state index in [1.807, 2.05) is 4.90 Å². The summed E-state index contributed by atoms with van der Waals surface area (Å²) in [7, 11) is 0. The predicted octanol–water partition coefficient (Wildman–Crippen LogP) is 2.68. The molecule has 2 aliphatic heterocycles. The normalized spacial score (nSPS) is 23.0. The van der Waals surface area contributed by atoms with Gasteiger partial charge in [-0.2, -0.15) is 0 Å². The lowest BCUT2D eigenvalue weighted by molar-refractivity contribution is -0.150. The molecule has 4 nitrogen and oxygen atoms in total. The van der Waals surface area contributed by atoms with Gasteiger partial charge in [0.1, 0.15) is 0 Å². The maximum absolute atomic E-state index is 12.6. The van der Waals surface area contributed by atoms with Gasteiger partial charge in [-0.15, -0.1) is 0 Å². The van der Waals surface area contributed by atoms with Crippen molar-refractivity contribution in [2.45, 2.75) is 51.4 Å². The molecule has 2 fully saturated rings. The summed E-state index contributed by atoms with van der Waals surface area (Å²) in [4.78, 5) is 14.6. The van der Waals surface area contributed by atoms with E-state index in [0.717, 1.165) is 32.2 Å². The van der Waals surface area contributed by atoms with E-state index < -0.39 is 0 Å². The summed E-state index contributed by atoms with van der Waals surface area (Å²) in [6.07, 6.45) is 4.36. The first-order valence-corrected chi connectivity index (χ1v) is 8.32. The van der Waals surface area contributed by atoms with Crippen LogP contribution >= 0.6 is 0 Å². The minimum atomic E-state index is -0.219. The van der Waals surface area contributed by atoms with Crippen molar-refractivity contribution in [3.8, 4) is 0 Å². The van der Waals surface area contributed by atoms with Crippen molar-refractivity contribution in [3.63, 3.8) is 0 Å². The molecule has 0 spiro atoms. The Balaban J connectivity index is 1.58. The predicted molar refractivity (Wildman–Crippen MR) is 84.5 cm³/mol. The van der Waals surface area contributed by atoms with Crippen molar-refractivity contribution >= 4 is 5.91 Å². The van der Waals surface area contributed by atoms with E-state index in [1.165, 1.54) is 11.1 Å². The largest absolute Gasteiger partial charge is 0.348 e. The number of rotatable bonds is 4. The number of hydrogen-bond donors (Lipinski definition) is 0. The summed E-state index contributed by atoms with van der Waals surface area (Å²) < 4.78 is 11.3. The third-order valence-electron chi connectivity index (χ3n) is 4.58. The fourth-order valence-corrected chi connectivity index (χ4v) is 3.30.